The van der Waals surface area contributed by atoms with Gasteiger partial charge in [0.15, 0.2) is 11.6 Å². The zero-order chi connectivity index (χ0) is 21.3. The largest absolute Gasteiger partial charge is 0.383 e. The van der Waals surface area contributed by atoms with Crippen molar-refractivity contribution in [2.75, 3.05) is 5.73 Å². The van der Waals surface area contributed by atoms with Gasteiger partial charge in [0.05, 0.1) is 11.8 Å². The van der Waals surface area contributed by atoms with Gasteiger partial charge in [-0.25, -0.2) is 13.5 Å². The second-order valence-electron chi connectivity index (χ2n) is 6.91. The van der Waals surface area contributed by atoms with Crippen molar-refractivity contribution in [1.29, 1.82) is 0 Å². The number of benzene rings is 2. The Morgan fingerprint density at radius 1 is 1.03 bits per heavy atom. The normalized spacial score (nSPS) is 12.0. The molecule has 0 amide bonds. The Hall–Kier alpha value is -3.87. The average molecular weight is 404 g/mol. The van der Waals surface area contributed by atoms with Crippen LogP contribution in [0.4, 0.5) is 14.6 Å². The van der Waals surface area contributed by atoms with Gasteiger partial charge in [-0.3, -0.25) is 9.78 Å². The van der Waals surface area contributed by atoms with Crippen LogP contribution in [0.1, 0.15) is 39.9 Å². The Balaban J connectivity index is 1.67. The summed E-state index contributed by atoms with van der Waals surface area (Å²) in [4.78, 5) is 17.2. The van der Waals surface area contributed by atoms with Gasteiger partial charge in [0, 0.05) is 29.9 Å². The van der Waals surface area contributed by atoms with E-state index in [0.717, 1.165) is 27.9 Å². The van der Waals surface area contributed by atoms with E-state index in [4.69, 9.17) is 5.73 Å². The van der Waals surface area contributed by atoms with Gasteiger partial charge in [-0.05, 0) is 35.4 Å². The van der Waals surface area contributed by atoms with Gasteiger partial charge in [0.1, 0.15) is 17.3 Å². The van der Waals surface area contributed by atoms with Crippen LogP contribution < -0.4 is 5.73 Å². The summed E-state index contributed by atoms with van der Waals surface area (Å²) < 4.78 is 28.4. The molecule has 2 aromatic carbocycles. The van der Waals surface area contributed by atoms with Crippen LogP contribution in [0.5, 0.6) is 0 Å². The third-order valence-electron chi connectivity index (χ3n) is 5.02. The van der Waals surface area contributed by atoms with Crippen molar-refractivity contribution in [2.45, 2.75) is 12.8 Å². The molecule has 4 aromatic rings. The van der Waals surface area contributed by atoms with Crippen LogP contribution in [-0.2, 0) is 0 Å². The molecule has 2 N–H and O–H groups in total. The first kappa shape index (κ1) is 19.4. The Morgan fingerprint density at radius 3 is 2.57 bits per heavy atom. The number of pyridine rings is 1. The van der Waals surface area contributed by atoms with Gasteiger partial charge in [0.2, 0.25) is 0 Å². The minimum atomic E-state index is -0.823. The molecule has 1 atom stereocenters. The first-order chi connectivity index (χ1) is 14.5. The first-order valence-electron chi connectivity index (χ1n) is 9.29. The molecule has 4 rings (SSSR count). The van der Waals surface area contributed by atoms with E-state index in [1.54, 1.807) is 30.6 Å². The lowest BCUT2D eigenvalue weighted by Gasteiger charge is -2.13. The van der Waals surface area contributed by atoms with Crippen LogP contribution >= 0.6 is 0 Å². The summed E-state index contributed by atoms with van der Waals surface area (Å²) in [6.07, 6.45) is 4.79. The average Bonchev–Trinajstić information content (AvgIpc) is 3.14. The van der Waals surface area contributed by atoms with E-state index in [-0.39, 0.29) is 28.8 Å². The molecule has 150 valence electrons. The summed E-state index contributed by atoms with van der Waals surface area (Å²) in [7, 11) is 0. The molecule has 0 saturated carbocycles. The van der Waals surface area contributed by atoms with E-state index in [0.29, 0.717) is 5.56 Å². The fraction of sp³-hybridized carbons (Fsp3) is 0.0870. The van der Waals surface area contributed by atoms with E-state index in [9.17, 15) is 13.6 Å². The van der Waals surface area contributed by atoms with Gasteiger partial charge in [-0.1, -0.05) is 31.2 Å². The van der Waals surface area contributed by atoms with Crippen LogP contribution in [0, 0.1) is 11.6 Å². The maximum atomic E-state index is 14.1. The lowest BCUT2D eigenvalue weighted by atomic mass is 9.92. The predicted molar refractivity (Wildman–Crippen MR) is 110 cm³/mol. The number of hydrogen-bond acceptors (Lipinski definition) is 4. The van der Waals surface area contributed by atoms with Crippen LogP contribution in [-0.4, -0.2) is 20.5 Å². The predicted octanol–water partition coefficient (Wildman–Crippen LogP) is 4.51. The molecule has 0 fully saturated rings. The quantitative estimate of drug-likeness (QED) is 0.497. The summed E-state index contributed by atoms with van der Waals surface area (Å²) in [6, 6.07) is 14.1. The van der Waals surface area contributed by atoms with Gasteiger partial charge < -0.3 is 5.73 Å². The Bertz CT molecular complexity index is 1220. The minimum absolute atomic E-state index is 0.0174. The first-order valence-corrected chi connectivity index (χ1v) is 9.29. The Kier molecular flexibility index (Phi) is 5.10. The van der Waals surface area contributed by atoms with E-state index in [1.165, 1.54) is 12.3 Å². The monoisotopic (exact) mass is 404 g/mol. The third-order valence-corrected chi connectivity index (χ3v) is 5.02. The maximum absolute atomic E-state index is 14.1. The van der Waals surface area contributed by atoms with Crippen molar-refractivity contribution in [3.05, 3.63) is 107 Å². The topological polar surface area (TPSA) is 73.8 Å². The fourth-order valence-corrected chi connectivity index (χ4v) is 3.31. The highest BCUT2D eigenvalue weighted by Crippen LogP contribution is 2.26. The standard InChI is InChI=1S/C23H18F2N4O/c1-14(17-6-3-9-27-12-17)15-4-2-5-16(10-15)22(30)19-13-28-29(23(19)26)21-8-7-18(24)11-20(21)25/h2-14H,26H2,1H3. The summed E-state index contributed by atoms with van der Waals surface area (Å²) in [5, 5.41) is 4.03. The molecule has 0 radical (unpaired) electrons. The summed E-state index contributed by atoms with van der Waals surface area (Å²) in [5.74, 6) is -1.84. The number of ketones is 1. The highest BCUT2D eigenvalue weighted by atomic mass is 19.1. The van der Waals surface area contributed by atoms with Gasteiger partial charge in [0.25, 0.3) is 0 Å². The molecular weight excluding hydrogens is 386 g/mol. The Labute approximate surface area is 171 Å². The number of halogens is 2. The molecule has 2 heterocycles. The second-order valence-corrected chi connectivity index (χ2v) is 6.91. The number of carbonyl (C=O) groups is 1. The summed E-state index contributed by atoms with van der Waals surface area (Å²) >= 11 is 0. The molecule has 0 saturated heterocycles. The van der Waals surface area contributed by atoms with Crippen LogP contribution in [0.25, 0.3) is 5.69 Å². The van der Waals surface area contributed by atoms with Crippen LogP contribution in [0.3, 0.4) is 0 Å². The van der Waals surface area contributed by atoms with Gasteiger partial charge >= 0.3 is 0 Å². The third kappa shape index (κ3) is 3.57. The maximum Gasteiger partial charge on any atom is 0.198 e. The van der Waals surface area contributed by atoms with Crippen molar-refractivity contribution in [3.8, 4) is 5.69 Å². The van der Waals surface area contributed by atoms with Crippen LogP contribution in [0.15, 0.2) is 73.2 Å². The summed E-state index contributed by atoms with van der Waals surface area (Å²) in [5.41, 5.74) is 8.60. The van der Waals surface area contributed by atoms with Crippen molar-refractivity contribution in [2.24, 2.45) is 0 Å². The van der Waals surface area contributed by atoms with E-state index in [1.807, 2.05) is 25.1 Å². The highest BCUT2D eigenvalue weighted by molar-refractivity contribution is 6.11. The number of nitrogens with zero attached hydrogens (tertiary/aromatic N) is 3. The SMILES string of the molecule is CC(c1cccnc1)c1cccc(C(=O)c2cnn(-c3ccc(F)cc3F)c2N)c1. The molecule has 1 unspecified atom stereocenters. The van der Waals surface area contributed by atoms with Crippen LogP contribution in [0.2, 0.25) is 0 Å². The molecule has 2 aromatic heterocycles. The summed E-state index contributed by atoms with van der Waals surface area (Å²) in [6.45, 7) is 2.03. The number of aromatic nitrogens is 3. The highest BCUT2D eigenvalue weighted by Gasteiger charge is 2.20. The fourth-order valence-electron chi connectivity index (χ4n) is 3.31. The molecule has 5 nitrogen and oxygen atoms in total. The number of nitrogen functional groups attached to an aromatic ring is 1. The molecular formula is C23H18F2N4O. The van der Waals surface area contributed by atoms with Crippen molar-refractivity contribution in [1.82, 2.24) is 14.8 Å². The van der Waals surface area contributed by atoms with E-state index < -0.39 is 11.6 Å². The molecule has 0 spiro atoms. The number of nitrogens with two attached hydrogens (primary N) is 1. The van der Waals surface area contributed by atoms with Crippen molar-refractivity contribution >= 4 is 11.6 Å². The zero-order valence-electron chi connectivity index (χ0n) is 16.1. The van der Waals surface area contributed by atoms with Crippen molar-refractivity contribution in [3.63, 3.8) is 0 Å². The molecule has 0 aliphatic rings. The Morgan fingerprint density at radius 2 is 1.83 bits per heavy atom. The smallest absolute Gasteiger partial charge is 0.198 e. The molecule has 0 aliphatic carbocycles. The number of rotatable bonds is 5. The molecule has 0 aliphatic heterocycles. The molecule has 30 heavy (non-hydrogen) atoms. The van der Waals surface area contributed by atoms with Gasteiger partial charge in [-0.15, -0.1) is 0 Å². The minimum Gasteiger partial charge on any atom is -0.383 e. The van der Waals surface area contributed by atoms with E-state index in [2.05, 4.69) is 10.1 Å². The second kappa shape index (κ2) is 7.87. The number of anilines is 1. The molecule has 7 heteroatoms. The van der Waals surface area contributed by atoms with E-state index >= 15 is 0 Å². The number of carbonyl (C=O) groups excluding carboxylic acids is 1. The van der Waals surface area contributed by atoms with Crippen molar-refractivity contribution < 1.29 is 13.6 Å². The lowest BCUT2D eigenvalue weighted by molar-refractivity contribution is 0.103. The zero-order valence-corrected chi connectivity index (χ0v) is 16.1. The number of hydrogen-bond donors (Lipinski definition) is 1. The molecule has 0 bridgehead atoms. The lowest BCUT2D eigenvalue weighted by Crippen LogP contribution is -2.09. The van der Waals surface area contributed by atoms with Gasteiger partial charge in [-0.2, -0.15) is 5.10 Å².